The van der Waals surface area contributed by atoms with Crippen molar-refractivity contribution in [3.8, 4) is 0 Å². The van der Waals surface area contributed by atoms with E-state index in [9.17, 15) is 14.4 Å². The summed E-state index contributed by atoms with van der Waals surface area (Å²) >= 11 is 0. The monoisotopic (exact) mass is 268 g/mol. The zero-order valence-electron chi connectivity index (χ0n) is 10.7. The van der Waals surface area contributed by atoms with Crippen molar-refractivity contribution in [1.29, 1.82) is 0 Å². The third kappa shape index (κ3) is 10.3. The van der Waals surface area contributed by atoms with E-state index in [2.05, 4.69) is 35.8 Å². The van der Waals surface area contributed by atoms with Crippen LogP contribution in [-0.4, -0.2) is 30.1 Å². The number of hydrogen-bond acceptors (Lipinski definition) is 5. The van der Waals surface area contributed by atoms with Crippen molar-refractivity contribution >= 4 is 17.9 Å². The van der Waals surface area contributed by atoms with Crippen LogP contribution >= 0.6 is 0 Å². The number of carbonyl (C=O) groups excluding carboxylic acids is 2. The molecule has 0 atom stereocenters. The maximum Gasteiger partial charge on any atom is 0.380 e. The van der Waals surface area contributed by atoms with E-state index < -0.39 is 17.9 Å². The largest absolute Gasteiger partial charge is 0.490 e. The number of esters is 2. The Morgan fingerprint density at radius 3 is 2.00 bits per heavy atom. The molecule has 0 spiro atoms. The summed E-state index contributed by atoms with van der Waals surface area (Å²) in [4.78, 5) is 31.0. The first-order valence-corrected chi connectivity index (χ1v) is 4.93. The summed E-state index contributed by atoms with van der Waals surface area (Å²) in [7, 11) is 1.25. The van der Waals surface area contributed by atoms with E-state index in [0.717, 1.165) is 6.08 Å². The topological polar surface area (TPSA) is 89.9 Å². The highest BCUT2D eigenvalue weighted by molar-refractivity contribution is 5.97. The van der Waals surface area contributed by atoms with Crippen LogP contribution in [0.25, 0.3) is 0 Å². The highest BCUT2D eigenvalue weighted by Crippen LogP contribution is 1.96. The summed E-state index contributed by atoms with van der Waals surface area (Å²) < 4.78 is 8.53. The second-order valence-electron chi connectivity index (χ2n) is 2.94. The Morgan fingerprint density at radius 2 is 1.74 bits per heavy atom. The van der Waals surface area contributed by atoms with Crippen LogP contribution in [0.4, 0.5) is 0 Å². The number of allylic oxidation sites excluding steroid dienone is 1. The van der Waals surface area contributed by atoms with E-state index in [1.807, 2.05) is 0 Å². The van der Waals surface area contributed by atoms with Crippen molar-refractivity contribution in [1.82, 2.24) is 0 Å². The summed E-state index contributed by atoms with van der Waals surface area (Å²) in [6.07, 6.45) is 2.74. The highest BCUT2D eigenvalue weighted by atomic mass is 16.6. The summed E-state index contributed by atoms with van der Waals surface area (Å²) in [6.45, 7) is 12.9. The number of aliphatic carboxylic acids is 1. The summed E-state index contributed by atoms with van der Waals surface area (Å²) in [5.41, 5.74) is 0.181. The lowest BCUT2D eigenvalue weighted by Crippen LogP contribution is -2.12. The molecule has 0 amide bonds. The molecule has 0 aliphatic rings. The molecule has 0 aromatic carbocycles. The van der Waals surface area contributed by atoms with Crippen molar-refractivity contribution in [2.75, 3.05) is 7.11 Å². The fourth-order valence-corrected chi connectivity index (χ4v) is 0.535. The SMILES string of the molecule is C=CC(=O)OC(=O)C(=C)OC.C=CCC(=C)C(=O)O. The normalized spacial score (nSPS) is 8.05. The Balaban J connectivity index is 0. The summed E-state index contributed by atoms with van der Waals surface area (Å²) in [6, 6.07) is 0. The molecule has 104 valence electrons. The molecule has 0 aromatic rings. The van der Waals surface area contributed by atoms with Gasteiger partial charge in [0.2, 0.25) is 0 Å². The molecule has 0 aliphatic heterocycles. The zero-order valence-corrected chi connectivity index (χ0v) is 10.7. The molecule has 19 heavy (non-hydrogen) atoms. The van der Waals surface area contributed by atoms with E-state index in [1.54, 1.807) is 0 Å². The first-order chi connectivity index (χ1) is 8.79. The maximum absolute atomic E-state index is 10.6. The molecule has 0 radical (unpaired) electrons. The molecular formula is C13H16O6. The number of carboxylic acids is 1. The van der Waals surface area contributed by atoms with Gasteiger partial charge >= 0.3 is 17.9 Å². The quantitative estimate of drug-likeness (QED) is 0.259. The third-order valence-electron chi connectivity index (χ3n) is 1.53. The van der Waals surface area contributed by atoms with Gasteiger partial charge < -0.3 is 14.6 Å². The average Bonchev–Trinajstić information content (AvgIpc) is 2.38. The minimum Gasteiger partial charge on any atom is -0.490 e. The van der Waals surface area contributed by atoms with E-state index in [-0.39, 0.29) is 11.3 Å². The summed E-state index contributed by atoms with van der Waals surface area (Å²) in [5, 5.41) is 8.17. The molecule has 6 heteroatoms. The van der Waals surface area contributed by atoms with Crippen LogP contribution < -0.4 is 0 Å². The molecule has 0 rings (SSSR count). The third-order valence-corrected chi connectivity index (χ3v) is 1.53. The number of ether oxygens (including phenoxy) is 2. The molecule has 6 nitrogen and oxygen atoms in total. The van der Waals surface area contributed by atoms with Crippen LogP contribution in [0.15, 0.2) is 49.8 Å². The number of carbonyl (C=O) groups is 3. The smallest absolute Gasteiger partial charge is 0.380 e. The van der Waals surface area contributed by atoms with E-state index in [1.165, 1.54) is 13.2 Å². The first-order valence-electron chi connectivity index (χ1n) is 4.93. The van der Waals surface area contributed by atoms with Gasteiger partial charge in [0.25, 0.3) is 0 Å². The first kappa shape index (κ1) is 18.7. The second kappa shape index (κ2) is 10.5. The van der Waals surface area contributed by atoms with E-state index in [0.29, 0.717) is 6.42 Å². The molecule has 0 fully saturated rings. The van der Waals surface area contributed by atoms with Crippen LogP contribution in [-0.2, 0) is 23.9 Å². The molecule has 0 aliphatic carbocycles. The van der Waals surface area contributed by atoms with Gasteiger partial charge in [-0.1, -0.05) is 19.2 Å². The second-order valence-corrected chi connectivity index (χ2v) is 2.94. The fraction of sp³-hybridized carbons (Fsp3) is 0.154. The van der Waals surface area contributed by atoms with Gasteiger partial charge in [-0.15, -0.1) is 6.58 Å². The fourth-order valence-electron chi connectivity index (χ4n) is 0.535. The molecule has 1 N–H and O–H groups in total. The standard InChI is InChI=1S/C7H8O4.C6H8O2/c1-4-6(8)11-7(9)5(2)10-3;1-3-4-5(2)6(7)8/h4H,1-2H2,3H3;3H,1-2,4H2,(H,7,8). The van der Waals surface area contributed by atoms with Crippen LogP contribution in [0, 0.1) is 0 Å². The number of hydrogen-bond donors (Lipinski definition) is 1. The van der Waals surface area contributed by atoms with E-state index in [4.69, 9.17) is 5.11 Å². The van der Waals surface area contributed by atoms with Gasteiger partial charge in [-0.2, -0.15) is 0 Å². The number of rotatable bonds is 6. The molecule has 0 aromatic heterocycles. The van der Waals surface area contributed by atoms with Gasteiger partial charge in [0.1, 0.15) is 0 Å². The Bertz CT molecular complexity index is 405. The molecule has 0 saturated carbocycles. The minimum atomic E-state index is -0.954. The lowest BCUT2D eigenvalue weighted by molar-refractivity contribution is -0.155. The van der Waals surface area contributed by atoms with Crippen LogP contribution in [0.2, 0.25) is 0 Å². The van der Waals surface area contributed by atoms with Gasteiger partial charge in [-0.3, -0.25) is 0 Å². The van der Waals surface area contributed by atoms with Crippen molar-refractivity contribution in [3.63, 3.8) is 0 Å². The zero-order chi connectivity index (χ0) is 15.4. The highest BCUT2D eigenvalue weighted by Gasteiger charge is 2.11. The van der Waals surface area contributed by atoms with Gasteiger partial charge in [-0.25, -0.2) is 14.4 Å². The average molecular weight is 268 g/mol. The van der Waals surface area contributed by atoms with E-state index >= 15 is 0 Å². The molecule has 0 unspecified atom stereocenters. The van der Waals surface area contributed by atoms with Gasteiger partial charge in [0.15, 0.2) is 5.76 Å². The molecule has 0 heterocycles. The maximum atomic E-state index is 10.6. The van der Waals surface area contributed by atoms with Crippen LogP contribution in [0.3, 0.4) is 0 Å². The molecule has 0 bridgehead atoms. The number of carboxylic acid groups (broad SMARTS) is 1. The van der Waals surface area contributed by atoms with Crippen molar-refractivity contribution < 1.29 is 29.0 Å². The van der Waals surface area contributed by atoms with Crippen molar-refractivity contribution in [2.45, 2.75) is 6.42 Å². The molecule has 0 saturated heterocycles. The Kier molecular flexibility index (Phi) is 10.4. The van der Waals surface area contributed by atoms with Crippen LogP contribution in [0.1, 0.15) is 6.42 Å². The van der Waals surface area contributed by atoms with Gasteiger partial charge in [-0.05, 0) is 13.0 Å². The van der Waals surface area contributed by atoms with Crippen molar-refractivity contribution in [2.24, 2.45) is 0 Å². The lowest BCUT2D eigenvalue weighted by Gasteiger charge is -2.00. The summed E-state index contributed by atoms with van der Waals surface area (Å²) in [5.74, 6) is -2.91. The van der Waals surface area contributed by atoms with Crippen molar-refractivity contribution in [3.05, 3.63) is 49.8 Å². The van der Waals surface area contributed by atoms with Crippen LogP contribution in [0.5, 0.6) is 0 Å². The Labute approximate surface area is 111 Å². The number of methoxy groups -OCH3 is 1. The predicted molar refractivity (Wildman–Crippen MR) is 69.0 cm³/mol. The minimum absolute atomic E-state index is 0.181. The lowest BCUT2D eigenvalue weighted by atomic mass is 10.2. The van der Waals surface area contributed by atoms with Gasteiger partial charge in [0, 0.05) is 11.6 Å². The Morgan fingerprint density at radius 1 is 1.21 bits per heavy atom. The Hall–Kier alpha value is -2.63. The predicted octanol–water partition coefficient (Wildman–Crippen LogP) is 1.61. The van der Waals surface area contributed by atoms with Gasteiger partial charge in [0.05, 0.1) is 7.11 Å². The molecular weight excluding hydrogens is 252 g/mol.